The number of aromatic carboxylic acids is 1. The van der Waals surface area contributed by atoms with E-state index in [1.165, 1.54) is 6.26 Å². The number of imidazole rings is 1. The first kappa shape index (κ1) is 18.9. The van der Waals surface area contributed by atoms with Crippen molar-refractivity contribution in [3.63, 3.8) is 0 Å². The molecule has 0 saturated carbocycles. The standard InChI is InChI=1S/C22H18N2O4S/c1-13-23-19-12-16(11-18(22(25)26)21(19)24-13)14-7-9-15(10-8-14)17-5-3-4-6-20(17)29(2,27)28/h3-12H,1-2H3,(H,23,24)(H,25,26). The fourth-order valence-corrected chi connectivity index (χ4v) is 4.35. The highest BCUT2D eigenvalue weighted by atomic mass is 32.2. The van der Waals surface area contributed by atoms with Gasteiger partial charge in [-0.15, -0.1) is 0 Å². The van der Waals surface area contributed by atoms with Gasteiger partial charge in [-0.3, -0.25) is 0 Å². The quantitative estimate of drug-likeness (QED) is 0.526. The minimum atomic E-state index is -3.36. The van der Waals surface area contributed by atoms with Crippen LogP contribution < -0.4 is 0 Å². The zero-order chi connectivity index (χ0) is 20.8. The maximum atomic E-state index is 12.1. The molecule has 7 heteroatoms. The SMILES string of the molecule is Cc1nc2c(C(=O)O)cc(-c3ccc(-c4ccccc4S(C)(=O)=O)cc3)cc2[nH]1. The molecule has 0 atom stereocenters. The zero-order valence-electron chi connectivity index (χ0n) is 15.8. The minimum Gasteiger partial charge on any atom is -0.478 e. The van der Waals surface area contributed by atoms with Gasteiger partial charge in [-0.1, -0.05) is 42.5 Å². The molecule has 0 aliphatic heterocycles. The monoisotopic (exact) mass is 406 g/mol. The van der Waals surface area contributed by atoms with E-state index in [1.54, 1.807) is 37.3 Å². The van der Waals surface area contributed by atoms with Crippen LogP contribution in [0.15, 0.2) is 65.6 Å². The Hall–Kier alpha value is -3.45. The number of benzene rings is 3. The topological polar surface area (TPSA) is 100 Å². The van der Waals surface area contributed by atoms with Crippen LogP contribution in [0.25, 0.3) is 33.3 Å². The summed E-state index contributed by atoms with van der Waals surface area (Å²) in [6.07, 6.45) is 1.19. The van der Waals surface area contributed by atoms with E-state index in [9.17, 15) is 18.3 Å². The number of hydrogen-bond donors (Lipinski definition) is 2. The third-order valence-corrected chi connectivity index (χ3v) is 5.91. The zero-order valence-corrected chi connectivity index (χ0v) is 16.6. The number of nitrogens with one attached hydrogen (secondary N) is 1. The van der Waals surface area contributed by atoms with Gasteiger partial charge in [0, 0.05) is 11.8 Å². The van der Waals surface area contributed by atoms with Crippen molar-refractivity contribution in [2.75, 3.05) is 6.26 Å². The molecule has 0 bridgehead atoms. The van der Waals surface area contributed by atoms with Crippen molar-refractivity contribution in [3.05, 3.63) is 72.1 Å². The summed E-state index contributed by atoms with van der Waals surface area (Å²) in [6.45, 7) is 1.78. The van der Waals surface area contributed by atoms with Gasteiger partial charge in [-0.25, -0.2) is 18.2 Å². The van der Waals surface area contributed by atoms with Gasteiger partial charge in [0.05, 0.1) is 16.0 Å². The van der Waals surface area contributed by atoms with Crippen molar-refractivity contribution in [1.29, 1.82) is 0 Å². The molecule has 0 aliphatic rings. The Morgan fingerprint density at radius 1 is 0.966 bits per heavy atom. The molecule has 146 valence electrons. The van der Waals surface area contributed by atoms with Crippen molar-refractivity contribution in [3.8, 4) is 22.3 Å². The van der Waals surface area contributed by atoms with E-state index in [-0.39, 0.29) is 10.5 Å². The fourth-order valence-electron chi connectivity index (χ4n) is 3.44. The van der Waals surface area contributed by atoms with Crippen LogP contribution in [0.5, 0.6) is 0 Å². The molecule has 0 radical (unpaired) electrons. The summed E-state index contributed by atoms with van der Waals surface area (Å²) in [7, 11) is -3.36. The van der Waals surface area contributed by atoms with Crippen molar-refractivity contribution >= 4 is 26.8 Å². The number of aryl methyl sites for hydroxylation is 1. The molecular weight excluding hydrogens is 388 g/mol. The Morgan fingerprint density at radius 2 is 1.62 bits per heavy atom. The molecule has 6 nitrogen and oxygen atoms in total. The number of carboxylic acid groups (broad SMARTS) is 1. The molecule has 1 aromatic heterocycles. The molecule has 0 spiro atoms. The highest BCUT2D eigenvalue weighted by Crippen LogP contribution is 2.31. The number of nitrogens with zero attached hydrogens (tertiary/aromatic N) is 1. The van der Waals surface area contributed by atoms with Crippen LogP contribution in [0, 0.1) is 6.92 Å². The van der Waals surface area contributed by atoms with Gasteiger partial charge in [-0.05, 0) is 41.8 Å². The predicted octanol–water partition coefficient (Wildman–Crippen LogP) is 4.31. The lowest BCUT2D eigenvalue weighted by atomic mass is 9.98. The largest absolute Gasteiger partial charge is 0.478 e. The first-order chi connectivity index (χ1) is 13.7. The molecule has 0 fully saturated rings. The van der Waals surface area contributed by atoms with E-state index >= 15 is 0 Å². The van der Waals surface area contributed by atoms with Crippen LogP contribution in [0.2, 0.25) is 0 Å². The molecule has 3 aromatic carbocycles. The lowest BCUT2D eigenvalue weighted by Gasteiger charge is -2.10. The molecule has 0 amide bonds. The number of aromatic nitrogens is 2. The number of carboxylic acids is 1. The lowest BCUT2D eigenvalue weighted by molar-refractivity contribution is 0.0699. The van der Waals surface area contributed by atoms with E-state index in [0.29, 0.717) is 22.4 Å². The Morgan fingerprint density at radius 3 is 2.28 bits per heavy atom. The average molecular weight is 406 g/mol. The molecule has 4 aromatic rings. The smallest absolute Gasteiger partial charge is 0.337 e. The van der Waals surface area contributed by atoms with Crippen molar-refractivity contribution in [2.24, 2.45) is 0 Å². The van der Waals surface area contributed by atoms with Crippen LogP contribution in [-0.2, 0) is 9.84 Å². The summed E-state index contributed by atoms with van der Waals surface area (Å²) < 4.78 is 24.2. The number of hydrogen-bond acceptors (Lipinski definition) is 4. The number of carbonyl (C=O) groups is 1. The molecule has 0 unspecified atom stereocenters. The van der Waals surface area contributed by atoms with Gasteiger partial charge in [0.2, 0.25) is 0 Å². The Bertz CT molecular complexity index is 1350. The van der Waals surface area contributed by atoms with Gasteiger partial charge < -0.3 is 10.1 Å². The molecule has 0 aliphatic carbocycles. The van der Waals surface area contributed by atoms with Crippen molar-refractivity contribution in [2.45, 2.75) is 11.8 Å². The lowest BCUT2D eigenvalue weighted by Crippen LogP contribution is -1.99. The van der Waals surface area contributed by atoms with Crippen LogP contribution in [0.1, 0.15) is 16.2 Å². The van der Waals surface area contributed by atoms with Crippen LogP contribution in [-0.4, -0.2) is 35.7 Å². The predicted molar refractivity (Wildman–Crippen MR) is 112 cm³/mol. The Labute approximate surface area is 167 Å². The Kier molecular flexibility index (Phi) is 4.47. The highest BCUT2D eigenvalue weighted by Gasteiger charge is 2.16. The van der Waals surface area contributed by atoms with E-state index in [4.69, 9.17) is 0 Å². The number of sulfone groups is 1. The molecule has 1 heterocycles. The second-order valence-corrected chi connectivity index (χ2v) is 8.88. The van der Waals surface area contributed by atoms with Crippen LogP contribution in [0.4, 0.5) is 0 Å². The molecule has 29 heavy (non-hydrogen) atoms. The first-order valence-corrected chi connectivity index (χ1v) is 10.8. The molecule has 2 N–H and O–H groups in total. The van der Waals surface area contributed by atoms with E-state index in [0.717, 1.165) is 16.7 Å². The summed E-state index contributed by atoms with van der Waals surface area (Å²) in [5, 5.41) is 9.55. The summed E-state index contributed by atoms with van der Waals surface area (Å²) in [5.74, 6) is -0.394. The van der Waals surface area contributed by atoms with Gasteiger partial charge in [-0.2, -0.15) is 0 Å². The summed E-state index contributed by atoms with van der Waals surface area (Å²) in [5.41, 5.74) is 4.18. The normalized spacial score (nSPS) is 11.7. The summed E-state index contributed by atoms with van der Waals surface area (Å²) >= 11 is 0. The van der Waals surface area contributed by atoms with Crippen molar-refractivity contribution < 1.29 is 18.3 Å². The second-order valence-electron chi connectivity index (χ2n) is 6.89. The van der Waals surface area contributed by atoms with Gasteiger partial charge >= 0.3 is 5.97 Å². The van der Waals surface area contributed by atoms with Gasteiger partial charge in [0.25, 0.3) is 0 Å². The third kappa shape index (κ3) is 3.52. The van der Waals surface area contributed by atoms with E-state index < -0.39 is 15.8 Å². The van der Waals surface area contributed by atoms with Crippen LogP contribution in [0.3, 0.4) is 0 Å². The fraction of sp³-hybridized carbons (Fsp3) is 0.0909. The average Bonchev–Trinajstić information content (AvgIpc) is 3.06. The first-order valence-electron chi connectivity index (χ1n) is 8.87. The second kappa shape index (κ2) is 6.86. The van der Waals surface area contributed by atoms with Gasteiger partial charge in [0.1, 0.15) is 11.3 Å². The van der Waals surface area contributed by atoms with Crippen molar-refractivity contribution in [1.82, 2.24) is 9.97 Å². The highest BCUT2D eigenvalue weighted by molar-refractivity contribution is 7.90. The summed E-state index contributed by atoms with van der Waals surface area (Å²) in [4.78, 5) is 19.3. The van der Waals surface area contributed by atoms with E-state index in [2.05, 4.69) is 9.97 Å². The maximum Gasteiger partial charge on any atom is 0.337 e. The summed E-state index contributed by atoms with van der Waals surface area (Å²) in [6, 6.07) is 17.7. The number of aromatic amines is 1. The third-order valence-electron chi connectivity index (χ3n) is 4.75. The Balaban J connectivity index is 1.81. The molecule has 0 saturated heterocycles. The number of fused-ring (bicyclic) bond motifs is 1. The maximum absolute atomic E-state index is 12.1. The van der Waals surface area contributed by atoms with Crippen LogP contribution >= 0.6 is 0 Å². The number of H-pyrrole nitrogens is 1. The minimum absolute atomic E-state index is 0.133. The molecule has 4 rings (SSSR count). The van der Waals surface area contributed by atoms with E-state index in [1.807, 2.05) is 30.3 Å². The van der Waals surface area contributed by atoms with Gasteiger partial charge in [0.15, 0.2) is 9.84 Å². The molecular formula is C22H18N2O4S. The number of rotatable bonds is 4.